The second kappa shape index (κ2) is 4.14. The number of rotatable bonds is 1. The van der Waals surface area contributed by atoms with Gasteiger partial charge in [0.2, 0.25) is 0 Å². The molecule has 2 heteroatoms. The molecule has 0 radical (unpaired) electrons. The lowest BCUT2D eigenvalue weighted by molar-refractivity contribution is -0.120. The molecule has 14 heavy (non-hydrogen) atoms. The van der Waals surface area contributed by atoms with Crippen LogP contribution in [0.4, 0.5) is 0 Å². The zero-order chi connectivity index (χ0) is 13.6. The molecule has 1 fully saturated rings. The van der Waals surface area contributed by atoms with E-state index in [0.29, 0.717) is 17.0 Å². The van der Waals surface area contributed by atoms with Crippen LogP contribution in [0.1, 0.15) is 42.6 Å². The normalized spacial score (nSPS) is 33.8. The Morgan fingerprint density at radius 2 is 2.07 bits per heavy atom. The Labute approximate surface area is 94.7 Å². The van der Waals surface area contributed by atoms with Crippen LogP contribution in [-0.2, 0) is 4.79 Å². The minimum absolute atomic E-state index is 0.0692. The van der Waals surface area contributed by atoms with Gasteiger partial charge in [0.15, 0.2) is 0 Å². The van der Waals surface area contributed by atoms with Gasteiger partial charge in [-0.15, -0.1) is 0 Å². The summed E-state index contributed by atoms with van der Waals surface area (Å²) in [6.07, 6.45) is -4.24. The Morgan fingerprint density at radius 1 is 1.36 bits per heavy atom. The summed E-state index contributed by atoms with van der Waals surface area (Å²) in [6.45, 7) is 0. The van der Waals surface area contributed by atoms with E-state index < -0.39 is 24.4 Å². The van der Waals surface area contributed by atoms with E-state index in [4.69, 9.17) is 17.1 Å². The summed E-state index contributed by atoms with van der Waals surface area (Å²) in [7, 11) is 0. The van der Waals surface area contributed by atoms with Gasteiger partial charge in [-0.3, -0.25) is 4.79 Å². The zero-order valence-corrected chi connectivity index (χ0v) is 8.34. The van der Waals surface area contributed by atoms with Crippen molar-refractivity contribution in [3.8, 4) is 0 Å². The first-order chi connectivity index (χ1) is 8.26. The highest BCUT2D eigenvalue weighted by Gasteiger charge is 2.19. The third kappa shape index (κ3) is 2.16. The third-order valence-corrected chi connectivity index (χ3v) is 2.57. The number of hydrogen-bond acceptors (Lipinski definition) is 1. The van der Waals surface area contributed by atoms with E-state index in [0.717, 1.165) is 0 Å². The molecule has 2 rings (SSSR count). The molecular formula is C12H13ClO. The molecule has 74 valence electrons. The highest BCUT2D eigenvalue weighted by Crippen LogP contribution is 2.31. The van der Waals surface area contributed by atoms with Crippen molar-refractivity contribution in [1.82, 2.24) is 0 Å². The maximum Gasteiger partial charge on any atom is 0.132 e. The molecule has 1 aliphatic carbocycles. The molecule has 1 aromatic carbocycles. The van der Waals surface area contributed by atoms with Gasteiger partial charge in [0.1, 0.15) is 5.78 Å². The molecule has 1 nitrogen and oxygen atoms in total. The molecule has 0 spiro atoms. The Kier molecular flexibility index (Phi) is 1.75. The number of carbonyl (C=O) groups is 1. The van der Waals surface area contributed by atoms with E-state index in [-0.39, 0.29) is 6.42 Å². The first-order valence-electron chi connectivity index (χ1n) is 6.55. The van der Waals surface area contributed by atoms with Gasteiger partial charge in [-0.25, -0.2) is 0 Å². The largest absolute Gasteiger partial charge is 0.300 e. The van der Waals surface area contributed by atoms with Crippen molar-refractivity contribution in [3.05, 3.63) is 34.9 Å². The molecule has 0 bridgehead atoms. The zero-order valence-electron chi connectivity index (χ0n) is 11.6. The van der Waals surface area contributed by atoms with Gasteiger partial charge in [0.05, 0.1) is 0 Å². The van der Waals surface area contributed by atoms with Gasteiger partial charge in [-0.05, 0) is 36.4 Å². The summed E-state index contributed by atoms with van der Waals surface area (Å²) in [4.78, 5) is 11.5. The standard InChI is InChI=1S/C12H13ClO/c13-11-5-1-9(2-6-11)10-3-7-12(14)8-4-10/h1-2,5-6,10H,3-4,7-8H2/i3D2,7D2. The first-order valence-corrected chi connectivity index (χ1v) is 4.93. The molecule has 1 unspecified atom stereocenters. The van der Waals surface area contributed by atoms with Crippen molar-refractivity contribution in [2.45, 2.75) is 31.5 Å². The number of Topliss-reactive ketones (excluding diaryl/α,β-unsaturated/α-hetero) is 1. The third-order valence-electron chi connectivity index (χ3n) is 2.32. The molecule has 0 saturated heterocycles. The Morgan fingerprint density at radius 3 is 2.79 bits per heavy atom. The topological polar surface area (TPSA) is 17.1 Å². The van der Waals surface area contributed by atoms with E-state index in [9.17, 15) is 4.79 Å². The molecule has 0 heterocycles. The van der Waals surface area contributed by atoms with Crippen LogP contribution in [0.15, 0.2) is 24.3 Å². The molecule has 0 aromatic heterocycles. The van der Waals surface area contributed by atoms with Gasteiger partial charge in [-0.2, -0.15) is 0 Å². The highest BCUT2D eigenvalue weighted by atomic mass is 35.5. The van der Waals surface area contributed by atoms with Crippen LogP contribution in [-0.4, -0.2) is 5.78 Å². The maximum absolute atomic E-state index is 11.5. The van der Waals surface area contributed by atoms with E-state index in [1.807, 2.05) is 0 Å². The number of ketones is 1. The van der Waals surface area contributed by atoms with Crippen LogP contribution in [0.5, 0.6) is 0 Å². The summed E-state index contributed by atoms with van der Waals surface area (Å²) in [5.74, 6) is -1.28. The second-order valence-electron chi connectivity index (χ2n) is 3.34. The van der Waals surface area contributed by atoms with E-state index >= 15 is 0 Å². The lowest BCUT2D eigenvalue weighted by Gasteiger charge is -2.21. The number of carbonyl (C=O) groups excluding carboxylic acids is 1. The Bertz CT molecular complexity index is 469. The Hall–Kier alpha value is -0.820. The van der Waals surface area contributed by atoms with Crippen molar-refractivity contribution in [2.75, 3.05) is 0 Å². The fourth-order valence-electron chi connectivity index (χ4n) is 1.52. The summed E-state index contributed by atoms with van der Waals surface area (Å²) in [5.41, 5.74) is 0.681. The fraction of sp³-hybridized carbons (Fsp3) is 0.417. The highest BCUT2D eigenvalue weighted by molar-refractivity contribution is 6.30. The summed E-state index contributed by atoms with van der Waals surface area (Å²) in [6, 6.07) is 6.69. The molecule has 0 aliphatic heterocycles. The second-order valence-corrected chi connectivity index (χ2v) is 3.77. The Balaban J connectivity index is 2.40. The van der Waals surface area contributed by atoms with E-state index in [2.05, 4.69) is 0 Å². The minimum atomic E-state index is -2.43. The SMILES string of the molecule is [2H]C1([2H])C(=O)CCC(c2ccc(Cl)cc2)C1([2H])[2H]. The van der Waals surface area contributed by atoms with Crippen molar-refractivity contribution >= 4 is 17.4 Å². The van der Waals surface area contributed by atoms with Crippen LogP contribution in [0.25, 0.3) is 0 Å². The number of halogens is 1. The van der Waals surface area contributed by atoms with Gasteiger partial charge in [0.25, 0.3) is 0 Å². The molecular weight excluding hydrogens is 196 g/mol. The molecule has 1 aromatic rings. The number of benzene rings is 1. The average molecular weight is 213 g/mol. The maximum atomic E-state index is 11.5. The van der Waals surface area contributed by atoms with Gasteiger partial charge < -0.3 is 0 Å². The molecule has 0 amide bonds. The lowest BCUT2D eigenvalue weighted by Crippen LogP contribution is -2.12. The van der Waals surface area contributed by atoms with Crippen molar-refractivity contribution in [3.63, 3.8) is 0 Å². The summed E-state index contributed by atoms with van der Waals surface area (Å²) >= 11 is 5.78. The van der Waals surface area contributed by atoms with Crippen molar-refractivity contribution in [2.24, 2.45) is 0 Å². The van der Waals surface area contributed by atoms with Gasteiger partial charge in [0, 0.05) is 23.3 Å². The van der Waals surface area contributed by atoms with E-state index in [1.165, 1.54) is 0 Å². The van der Waals surface area contributed by atoms with Crippen molar-refractivity contribution < 1.29 is 10.3 Å². The molecule has 1 atom stereocenters. The predicted molar refractivity (Wildman–Crippen MR) is 57.7 cm³/mol. The van der Waals surface area contributed by atoms with Crippen LogP contribution < -0.4 is 0 Å². The number of hydrogen-bond donors (Lipinski definition) is 0. The summed E-state index contributed by atoms with van der Waals surface area (Å²) < 4.78 is 31.2. The quantitative estimate of drug-likeness (QED) is 0.696. The van der Waals surface area contributed by atoms with Gasteiger partial charge in [-0.1, -0.05) is 23.7 Å². The summed E-state index contributed by atoms with van der Waals surface area (Å²) in [5, 5.41) is 0.550. The monoisotopic (exact) mass is 212 g/mol. The fourth-order valence-corrected chi connectivity index (χ4v) is 1.65. The van der Waals surface area contributed by atoms with Crippen LogP contribution in [0.3, 0.4) is 0 Å². The van der Waals surface area contributed by atoms with Crippen LogP contribution in [0.2, 0.25) is 5.02 Å². The van der Waals surface area contributed by atoms with E-state index in [1.54, 1.807) is 24.3 Å². The molecule has 0 N–H and O–H groups in total. The van der Waals surface area contributed by atoms with Gasteiger partial charge >= 0.3 is 0 Å². The first kappa shape index (κ1) is 5.92. The molecule has 1 aliphatic rings. The van der Waals surface area contributed by atoms with Crippen molar-refractivity contribution in [1.29, 1.82) is 0 Å². The average Bonchev–Trinajstić information content (AvgIpc) is 2.29. The van der Waals surface area contributed by atoms with Crippen LogP contribution >= 0.6 is 11.6 Å². The minimum Gasteiger partial charge on any atom is -0.300 e. The smallest absolute Gasteiger partial charge is 0.132 e. The predicted octanol–water partition coefficient (Wildman–Crippen LogP) is 3.57. The van der Waals surface area contributed by atoms with Crippen LogP contribution in [0, 0.1) is 0 Å². The lowest BCUT2D eigenvalue weighted by atomic mass is 9.83. The molecule has 1 saturated carbocycles.